The molecule has 7 nitrogen and oxygen atoms in total. The molecule has 0 amide bonds. The van der Waals surface area contributed by atoms with Gasteiger partial charge < -0.3 is 0 Å². The normalized spacial score (nSPS) is 11.8. The summed E-state index contributed by atoms with van der Waals surface area (Å²) in [5.74, 6) is 0. The quantitative estimate of drug-likeness (QED) is 0.703. The minimum Gasteiger partial charge on any atom is -0.276 e. The van der Waals surface area contributed by atoms with Crippen molar-refractivity contribution >= 4 is 27.3 Å². The van der Waals surface area contributed by atoms with Crippen LogP contribution in [0.3, 0.4) is 0 Å². The Morgan fingerprint density at radius 3 is 2.19 bits per heavy atom. The second-order valence-corrected chi connectivity index (χ2v) is 8.61. The minimum atomic E-state index is -3.77. The average Bonchev–Trinajstić information content (AvgIpc) is 2.99. The zero-order valence-corrected chi connectivity index (χ0v) is 17.5. The second kappa shape index (κ2) is 7.01. The number of anilines is 1. The first-order valence-corrected chi connectivity index (χ1v) is 10.3. The van der Waals surface area contributed by atoms with Crippen LogP contribution in [0.15, 0.2) is 29.2 Å². The molecule has 9 heteroatoms. The van der Waals surface area contributed by atoms with Gasteiger partial charge in [-0.1, -0.05) is 23.7 Å². The molecule has 2 heterocycles. The van der Waals surface area contributed by atoms with Gasteiger partial charge in [0.15, 0.2) is 0 Å². The number of nitrogens with one attached hydrogen (secondary N) is 1. The van der Waals surface area contributed by atoms with Crippen molar-refractivity contribution in [1.82, 2.24) is 19.6 Å². The summed E-state index contributed by atoms with van der Waals surface area (Å²) in [6.07, 6.45) is 0. The number of nitrogens with zero attached hydrogens (tertiary/aromatic N) is 4. The lowest BCUT2D eigenvalue weighted by molar-refractivity contribution is 0.599. The van der Waals surface area contributed by atoms with Gasteiger partial charge in [-0.25, -0.2) is 8.42 Å². The lowest BCUT2D eigenvalue weighted by atomic mass is 10.2. The third kappa shape index (κ3) is 3.72. The van der Waals surface area contributed by atoms with Crippen molar-refractivity contribution in [1.29, 1.82) is 0 Å². The predicted molar refractivity (Wildman–Crippen MR) is 106 cm³/mol. The van der Waals surface area contributed by atoms with E-state index in [4.69, 9.17) is 11.6 Å². The van der Waals surface area contributed by atoms with Gasteiger partial charge in [-0.3, -0.25) is 14.1 Å². The topological polar surface area (TPSA) is 81.8 Å². The molecule has 0 radical (unpaired) electrons. The standard InChI is InChI=1S/C18H22ClN5O2S/c1-11-17(22-27(25,26)18-12(2)20-23(5)14(18)4)13(3)24(21-11)10-15-6-8-16(19)9-7-15/h6-9,22H,10H2,1-5H3. The van der Waals surface area contributed by atoms with E-state index in [1.165, 1.54) is 0 Å². The highest BCUT2D eigenvalue weighted by molar-refractivity contribution is 7.92. The second-order valence-electron chi connectivity index (χ2n) is 6.56. The van der Waals surface area contributed by atoms with Gasteiger partial charge in [-0.05, 0) is 45.4 Å². The fourth-order valence-electron chi connectivity index (χ4n) is 3.09. The van der Waals surface area contributed by atoms with Crippen molar-refractivity contribution in [3.63, 3.8) is 0 Å². The molecule has 0 bridgehead atoms. The van der Waals surface area contributed by atoms with E-state index >= 15 is 0 Å². The molecule has 0 saturated heterocycles. The van der Waals surface area contributed by atoms with Crippen molar-refractivity contribution in [3.05, 3.63) is 57.6 Å². The van der Waals surface area contributed by atoms with Crippen LogP contribution in [0, 0.1) is 27.7 Å². The Hall–Kier alpha value is -2.32. The SMILES string of the molecule is Cc1nn(Cc2ccc(Cl)cc2)c(C)c1NS(=O)(=O)c1c(C)nn(C)c1C. The van der Waals surface area contributed by atoms with Gasteiger partial charge in [-0.15, -0.1) is 0 Å². The highest BCUT2D eigenvalue weighted by Crippen LogP contribution is 2.26. The summed E-state index contributed by atoms with van der Waals surface area (Å²) < 4.78 is 31.9. The molecule has 0 atom stereocenters. The van der Waals surface area contributed by atoms with Gasteiger partial charge in [0.25, 0.3) is 10.0 Å². The lowest BCUT2D eigenvalue weighted by Crippen LogP contribution is -2.16. The molecule has 3 aromatic rings. The Morgan fingerprint density at radius 1 is 1.00 bits per heavy atom. The molecule has 27 heavy (non-hydrogen) atoms. The van der Waals surface area contributed by atoms with Crippen LogP contribution in [-0.2, 0) is 23.6 Å². The van der Waals surface area contributed by atoms with E-state index in [2.05, 4.69) is 14.9 Å². The summed E-state index contributed by atoms with van der Waals surface area (Å²) in [6, 6.07) is 7.48. The van der Waals surface area contributed by atoms with Gasteiger partial charge in [0.2, 0.25) is 0 Å². The van der Waals surface area contributed by atoms with Crippen LogP contribution in [0.5, 0.6) is 0 Å². The first-order valence-electron chi connectivity index (χ1n) is 8.41. The van der Waals surface area contributed by atoms with E-state index < -0.39 is 10.0 Å². The van der Waals surface area contributed by atoms with Crippen LogP contribution in [0.2, 0.25) is 5.02 Å². The Morgan fingerprint density at radius 2 is 1.63 bits per heavy atom. The van der Waals surface area contributed by atoms with Crippen molar-refractivity contribution in [3.8, 4) is 0 Å². The maximum Gasteiger partial charge on any atom is 0.265 e. The number of aryl methyl sites for hydroxylation is 3. The molecular formula is C18H22ClN5O2S. The van der Waals surface area contributed by atoms with E-state index in [1.54, 1.807) is 37.2 Å². The summed E-state index contributed by atoms with van der Waals surface area (Å²) >= 11 is 5.93. The maximum absolute atomic E-state index is 12.9. The number of aromatic nitrogens is 4. The fraction of sp³-hybridized carbons (Fsp3) is 0.333. The number of sulfonamides is 1. The first kappa shape index (κ1) is 19.4. The Bertz CT molecular complexity index is 1100. The summed E-state index contributed by atoms with van der Waals surface area (Å²) in [5.41, 5.74) is 3.93. The number of benzene rings is 1. The largest absolute Gasteiger partial charge is 0.276 e. The molecule has 1 aromatic carbocycles. The van der Waals surface area contributed by atoms with Crippen LogP contribution in [-0.4, -0.2) is 28.0 Å². The molecule has 0 aliphatic rings. The van der Waals surface area contributed by atoms with Gasteiger partial charge in [-0.2, -0.15) is 10.2 Å². The van der Waals surface area contributed by atoms with Crippen molar-refractivity contribution in [2.75, 3.05) is 4.72 Å². The Labute approximate surface area is 164 Å². The van der Waals surface area contributed by atoms with Crippen LogP contribution in [0.25, 0.3) is 0 Å². The Kier molecular flexibility index (Phi) is 5.05. The van der Waals surface area contributed by atoms with Crippen molar-refractivity contribution < 1.29 is 8.42 Å². The van der Waals surface area contributed by atoms with Crippen LogP contribution in [0.4, 0.5) is 5.69 Å². The molecule has 0 spiro atoms. The van der Waals surface area contributed by atoms with E-state index in [9.17, 15) is 8.42 Å². The van der Waals surface area contributed by atoms with Gasteiger partial charge in [0.1, 0.15) is 4.90 Å². The lowest BCUT2D eigenvalue weighted by Gasteiger charge is -2.10. The molecule has 0 aliphatic heterocycles. The molecule has 1 N–H and O–H groups in total. The predicted octanol–water partition coefficient (Wildman–Crippen LogP) is 3.35. The van der Waals surface area contributed by atoms with Crippen LogP contribution < -0.4 is 4.72 Å². The molecule has 0 saturated carbocycles. The maximum atomic E-state index is 12.9. The van der Waals surface area contributed by atoms with Gasteiger partial charge >= 0.3 is 0 Å². The zero-order chi connectivity index (χ0) is 19.9. The molecule has 0 unspecified atom stereocenters. The highest BCUT2D eigenvalue weighted by Gasteiger charge is 2.26. The summed E-state index contributed by atoms with van der Waals surface area (Å²) in [6.45, 7) is 7.57. The zero-order valence-electron chi connectivity index (χ0n) is 15.9. The van der Waals surface area contributed by atoms with E-state index in [-0.39, 0.29) is 4.90 Å². The summed E-state index contributed by atoms with van der Waals surface area (Å²) in [5, 5.41) is 9.36. The van der Waals surface area contributed by atoms with Gasteiger partial charge in [0.05, 0.1) is 35.0 Å². The van der Waals surface area contributed by atoms with Crippen molar-refractivity contribution in [2.24, 2.45) is 7.05 Å². The van der Waals surface area contributed by atoms with Gasteiger partial charge in [0, 0.05) is 12.1 Å². The third-order valence-corrected chi connectivity index (χ3v) is 6.43. The number of rotatable bonds is 5. The third-order valence-electron chi connectivity index (χ3n) is 4.57. The molecule has 3 rings (SSSR count). The number of halogens is 1. The summed E-state index contributed by atoms with van der Waals surface area (Å²) in [7, 11) is -2.04. The molecule has 0 fully saturated rings. The first-order chi connectivity index (χ1) is 12.6. The molecule has 0 aliphatic carbocycles. The van der Waals surface area contributed by atoms with E-state index in [0.717, 1.165) is 11.3 Å². The average molecular weight is 408 g/mol. The molecular weight excluding hydrogens is 386 g/mol. The van der Waals surface area contributed by atoms with Crippen LogP contribution >= 0.6 is 11.6 Å². The Balaban J connectivity index is 1.94. The van der Waals surface area contributed by atoms with E-state index in [1.807, 2.05) is 31.2 Å². The summed E-state index contributed by atoms with van der Waals surface area (Å²) in [4.78, 5) is 0.203. The van der Waals surface area contributed by atoms with Crippen LogP contribution in [0.1, 0.15) is 28.3 Å². The smallest absolute Gasteiger partial charge is 0.265 e. The monoisotopic (exact) mass is 407 g/mol. The number of hydrogen-bond acceptors (Lipinski definition) is 4. The highest BCUT2D eigenvalue weighted by atomic mass is 35.5. The van der Waals surface area contributed by atoms with Crippen molar-refractivity contribution in [2.45, 2.75) is 39.1 Å². The van der Waals surface area contributed by atoms with E-state index in [0.29, 0.717) is 34.3 Å². The molecule has 2 aromatic heterocycles. The number of hydrogen-bond donors (Lipinski definition) is 1. The fourth-order valence-corrected chi connectivity index (χ4v) is 4.83. The minimum absolute atomic E-state index is 0.203. The molecule has 144 valence electrons.